The van der Waals surface area contributed by atoms with Crippen LogP contribution in [0.3, 0.4) is 0 Å². The first-order valence-electron chi connectivity index (χ1n) is 7.65. The third-order valence-electron chi connectivity index (χ3n) is 4.03. The van der Waals surface area contributed by atoms with Gasteiger partial charge in [-0.2, -0.15) is 5.10 Å². The quantitative estimate of drug-likeness (QED) is 0.791. The minimum atomic E-state index is -0.176. The van der Waals surface area contributed by atoms with Gasteiger partial charge in [-0.25, -0.2) is 4.98 Å². The van der Waals surface area contributed by atoms with Gasteiger partial charge in [0, 0.05) is 43.8 Å². The highest BCUT2D eigenvalue weighted by molar-refractivity contribution is 5.91. The Bertz CT molecular complexity index is 802. The predicted octanol–water partition coefficient (Wildman–Crippen LogP) is 1.47. The number of imidazole rings is 1. The number of amides is 1. The molecule has 0 radical (unpaired) electrons. The number of furan rings is 1. The molecule has 1 aliphatic heterocycles. The van der Waals surface area contributed by atoms with Crippen molar-refractivity contribution in [2.45, 2.75) is 32.0 Å². The van der Waals surface area contributed by atoms with Crippen LogP contribution in [-0.4, -0.2) is 31.3 Å². The van der Waals surface area contributed by atoms with Crippen LogP contribution in [0.2, 0.25) is 0 Å². The third kappa shape index (κ3) is 2.90. The second-order valence-corrected chi connectivity index (χ2v) is 5.67. The van der Waals surface area contributed by atoms with Crippen molar-refractivity contribution < 1.29 is 9.21 Å². The van der Waals surface area contributed by atoms with E-state index in [9.17, 15) is 4.79 Å². The molecule has 0 aromatic carbocycles. The lowest BCUT2D eigenvalue weighted by atomic mass is 10.1. The molecule has 1 N–H and O–H groups in total. The summed E-state index contributed by atoms with van der Waals surface area (Å²) < 4.78 is 9.46. The molecule has 7 heteroatoms. The Morgan fingerprint density at radius 2 is 2.30 bits per heavy atom. The minimum absolute atomic E-state index is 0.101. The number of aryl methyl sites for hydroxylation is 1. The van der Waals surface area contributed by atoms with Crippen LogP contribution in [0.25, 0.3) is 0 Å². The molecule has 0 unspecified atom stereocenters. The molecular weight excluding hydrogens is 294 g/mol. The van der Waals surface area contributed by atoms with Gasteiger partial charge in [-0.05, 0) is 24.6 Å². The van der Waals surface area contributed by atoms with E-state index in [0.29, 0.717) is 18.1 Å². The highest BCUT2D eigenvalue weighted by Gasteiger charge is 2.22. The van der Waals surface area contributed by atoms with E-state index >= 15 is 0 Å². The predicted molar refractivity (Wildman–Crippen MR) is 81.8 cm³/mol. The highest BCUT2D eigenvalue weighted by atomic mass is 16.4. The van der Waals surface area contributed by atoms with Crippen LogP contribution in [0.5, 0.6) is 0 Å². The lowest BCUT2D eigenvalue weighted by molar-refractivity contribution is 0.0897. The average molecular weight is 311 g/mol. The summed E-state index contributed by atoms with van der Waals surface area (Å²) in [5, 5.41) is 7.16. The first-order chi connectivity index (χ1) is 11.3. The molecule has 0 aliphatic carbocycles. The molecule has 4 heterocycles. The summed E-state index contributed by atoms with van der Waals surface area (Å²) in [6.07, 6.45) is 9.08. The highest BCUT2D eigenvalue weighted by Crippen LogP contribution is 2.15. The van der Waals surface area contributed by atoms with Gasteiger partial charge in [0.1, 0.15) is 11.6 Å². The molecule has 0 fully saturated rings. The van der Waals surface area contributed by atoms with Crippen LogP contribution in [0, 0.1) is 0 Å². The number of nitrogens with one attached hydrogen (secondary N) is 1. The Morgan fingerprint density at radius 1 is 1.35 bits per heavy atom. The van der Waals surface area contributed by atoms with Crippen LogP contribution >= 0.6 is 0 Å². The molecule has 7 nitrogen and oxygen atoms in total. The molecule has 0 saturated heterocycles. The zero-order valence-electron chi connectivity index (χ0n) is 12.6. The summed E-state index contributed by atoms with van der Waals surface area (Å²) in [6, 6.07) is 5.47. The fourth-order valence-electron chi connectivity index (χ4n) is 2.88. The molecule has 0 spiro atoms. The van der Waals surface area contributed by atoms with E-state index in [4.69, 9.17) is 4.42 Å². The van der Waals surface area contributed by atoms with Crippen molar-refractivity contribution in [3.05, 3.63) is 60.3 Å². The standard InChI is InChI=1S/C16H17N5O2/c22-16(19-12-2-5-15-17-7-9-20(15)10-12)14-4-3-13(23-14)11-21-8-1-6-18-21/h1,3-4,6-9,12H,2,5,10-11H2,(H,19,22)/t12-/m1/s1. The van der Waals surface area contributed by atoms with Gasteiger partial charge in [-0.1, -0.05) is 0 Å². The van der Waals surface area contributed by atoms with Crippen molar-refractivity contribution in [2.75, 3.05) is 0 Å². The maximum Gasteiger partial charge on any atom is 0.287 e. The van der Waals surface area contributed by atoms with E-state index in [0.717, 1.165) is 25.2 Å². The largest absolute Gasteiger partial charge is 0.454 e. The number of nitrogens with zero attached hydrogens (tertiary/aromatic N) is 4. The molecule has 3 aromatic rings. The second-order valence-electron chi connectivity index (χ2n) is 5.67. The van der Waals surface area contributed by atoms with Crippen LogP contribution in [-0.2, 0) is 19.5 Å². The maximum absolute atomic E-state index is 12.3. The molecular formula is C16H17N5O2. The summed E-state index contributed by atoms with van der Waals surface area (Å²) in [5.74, 6) is 1.95. The number of carbonyl (C=O) groups is 1. The number of aromatic nitrogens is 4. The molecule has 118 valence electrons. The Morgan fingerprint density at radius 3 is 3.17 bits per heavy atom. The summed E-state index contributed by atoms with van der Waals surface area (Å²) in [7, 11) is 0. The first kappa shape index (κ1) is 13.8. The Hall–Kier alpha value is -2.83. The van der Waals surface area contributed by atoms with Crippen LogP contribution in [0.4, 0.5) is 0 Å². The zero-order valence-corrected chi connectivity index (χ0v) is 12.6. The van der Waals surface area contributed by atoms with Crippen molar-refractivity contribution in [3.8, 4) is 0 Å². The number of carbonyl (C=O) groups excluding carboxylic acids is 1. The molecule has 1 atom stereocenters. The number of fused-ring (bicyclic) bond motifs is 1. The van der Waals surface area contributed by atoms with E-state index in [1.54, 1.807) is 23.1 Å². The normalized spacial score (nSPS) is 17.0. The monoisotopic (exact) mass is 311 g/mol. The van der Waals surface area contributed by atoms with E-state index < -0.39 is 0 Å². The van der Waals surface area contributed by atoms with Gasteiger partial charge in [0.15, 0.2) is 5.76 Å². The summed E-state index contributed by atoms with van der Waals surface area (Å²) in [5.41, 5.74) is 0. The Balaban J connectivity index is 1.39. The van der Waals surface area contributed by atoms with Gasteiger partial charge in [-0.3, -0.25) is 9.48 Å². The van der Waals surface area contributed by atoms with E-state index in [1.165, 1.54) is 0 Å². The molecule has 1 amide bonds. The summed E-state index contributed by atoms with van der Waals surface area (Å²) in [4.78, 5) is 16.6. The van der Waals surface area contributed by atoms with Gasteiger partial charge in [0.05, 0.1) is 6.54 Å². The summed E-state index contributed by atoms with van der Waals surface area (Å²) >= 11 is 0. The molecule has 1 aliphatic rings. The number of rotatable bonds is 4. The van der Waals surface area contributed by atoms with Crippen LogP contribution < -0.4 is 5.32 Å². The molecule has 23 heavy (non-hydrogen) atoms. The van der Waals surface area contributed by atoms with Crippen molar-refractivity contribution in [1.82, 2.24) is 24.6 Å². The number of hydrogen-bond acceptors (Lipinski definition) is 4. The third-order valence-corrected chi connectivity index (χ3v) is 4.03. The molecule has 3 aromatic heterocycles. The van der Waals surface area contributed by atoms with E-state index in [-0.39, 0.29) is 11.9 Å². The zero-order chi connectivity index (χ0) is 15.6. The van der Waals surface area contributed by atoms with Gasteiger partial charge in [0.25, 0.3) is 5.91 Å². The topological polar surface area (TPSA) is 77.9 Å². The Kier molecular flexibility index (Phi) is 3.45. The van der Waals surface area contributed by atoms with Crippen molar-refractivity contribution in [1.29, 1.82) is 0 Å². The fourth-order valence-corrected chi connectivity index (χ4v) is 2.88. The fraction of sp³-hybridized carbons (Fsp3) is 0.312. The molecule has 0 saturated carbocycles. The van der Waals surface area contributed by atoms with Crippen molar-refractivity contribution in [3.63, 3.8) is 0 Å². The first-order valence-corrected chi connectivity index (χ1v) is 7.65. The molecule has 4 rings (SSSR count). The number of hydrogen-bond donors (Lipinski definition) is 1. The van der Waals surface area contributed by atoms with Gasteiger partial charge in [-0.15, -0.1) is 0 Å². The average Bonchev–Trinajstić information content (AvgIpc) is 3.28. The SMILES string of the molecule is O=C(N[C@@H]1CCc2nccn2C1)c1ccc(Cn2cccn2)o1. The second kappa shape index (κ2) is 5.75. The van der Waals surface area contributed by atoms with Gasteiger partial charge >= 0.3 is 0 Å². The maximum atomic E-state index is 12.3. The Labute approximate surface area is 132 Å². The van der Waals surface area contributed by atoms with Gasteiger partial charge in [0.2, 0.25) is 0 Å². The summed E-state index contributed by atoms with van der Waals surface area (Å²) in [6.45, 7) is 1.27. The van der Waals surface area contributed by atoms with Crippen LogP contribution in [0.1, 0.15) is 28.6 Å². The smallest absolute Gasteiger partial charge is 0.287 e. The van der Waals surface area contributed by atoms with Crippen molar-refractivity contribution in [2.24, 2.45) is 0 Å². The van der Waals surface area contributed by atoms with E-state index in [2.05, 4.69) is 20.0 Å². The minimum Gasteiger partial charge on any atom is -0.454 e. The van der Waals surface area contributed by atoms with Crippen LogP contribution in [0.15, 0.2) is 47.4 Å². The van der Waals surface area contributed by atoms with Crippen molar-refractivity contribution >= 4 is 5.91 Å². The molecule has 0 bridgehead atoms. The van der Waals surface area contributed by atoms with Gasteiger partial charge < -0.3 is 14.3 Å². The lowest BCUT2D eigenvalue weighted by Gasteiger charge is -2.24. The van der Waals surface area contributed by atoms with E-state index in [1.807, 2.05) is 24.5 Å². The lowest BCUT2D eigenvalue weighted by Crippen LogP contribution is -2.40.